The molecular weight excluding hydrogens is 348 g/mol. The predicted molar refractivity (Wildman–Crippen MR) is 93.0 cm³/mol. The van der Waals surface area contributed by atoms with Gasteiger partial charge in [0, 0.05) is 11.1 Å². The van der Waals surface area contributed by atoms with Crippen molar-refractivity contribution in [1.82, 2.24) is 0 Å². The fourth-order valence-corrected chi connectivity index (χ4v) is 2.53. The molecule has 0 N–H and O–H groups in total. The summed E-state index contributed by atoms with van der Waals surface area (Å²) in [7, 11) is 0. The maximum Gasteiger partial charge on any atom is 0.340 e. The predicted octanol–water partition coefficient (Wildman–Crippen LogP) is 3.93. The van der Waals surface area contributed by atoms with Gasteiger partial charge in [-0.1, -0.05) is 24.3 Å². The number of carbonyl (C=O) groups excluding carboxylic acids is 2. The van der Waals surface area contributed by atoms with Crippen molar-refractivity contribution >= 4 is 11.9 Å². The van der Waals surface area contributed by atoms with Gasteiger partial charge in [-0.3, -0.25) is 0 Å². The summed E-state index contributed by atoms with van der Waals surface area (Å²) in [5.41, 5.74) is 1.52. The van der Waals surface area contributed by atoms with E-state index >= 15 is 0 Å². The van der Waals surface area contributed by atoms with Crippen LogP contribution in [-0.2, 0) is 20.8 Å². The summed E-state index contributed by atoms with van der Waals surface area (Å²) in [4.78, 5) is 24.0. The lowest BCUT2D eigenvalue weighted by atomic mass is 10.0. The van der Waals surface area contributed by atoms with Crippen LogP contribution in [0, 0.1) is 0 Å². The first-order chi connectivity index (χ1) is 12.9. The Labute approximate surface area is 154 Å². The Kier molecular flexibility index (Phi) is 3.83. The molecule has 0 unspecified atom stereocenters. The first kappa shape index (κ1) is 17.0. The average Bonchev–Trinajstić information content (AvgIpc) is 3.61. The fraction of sp³-hybridized carbons (Fsp3) is 0.263. The second-order valence-electron chi connectivity index (χ2n) is 6.58. The molecule has 0 aromatic heterocycles. The van der Waals surface area contributed by atoms with Gasteiger partial charge in [0.25, 0.3) is 0 Å². The van der Waals surface area contributed by atoms with Gasteiger partial charge in [0.1, 0.15) is 0 Å². The SMILES string of the molecule is CC1(c2ccc(C(=O)OCOC(=O)c3ccc(C4(C)N=N4)cc3)cc2)N=N1. The number of carbonyl (C=O) groups is 2. The molecule has 0 fully saturated rings. The summed E-state index contributed by atoms with van der Waals surface area (Å²) in [5.74, 6) is -1.16. The normalized spacial score (nSPS) is 17.3. The molecule has 8 heteroatoms. The Balaban J connectivity index is 1.27. The second kappa shape index (κ2) is 6.08. The molecule has 136 valence electrons. The lowest BCUT2D eigenvalue weighted by Gasteiger charge is -2.09. The van der Waals surface area contributed by atoms with Gasteiger partial charge in [-0.25, -0.2) is 9.59 Å². The molecule has 8 nitrogen and oxygen atoms in total. The molecule has 0 saturated heterocycles. The van der Waals surface area contributed by atoms with Crippen LogP contribution in [0.3, 0.4) is 0 Å². The first-order valence-corrected chi connectivity index (χ1v) is 8.33. The third-order valence-electron chi connectivity index (χ3n) is 4.51. The van der Waals surface area contributed by atoms with E-state index < -0.39 is 30.1 Å². The van der Waals surface area contributed by atoms with Gasteiger partial charge in [0.05, 0.1) is 11.1 Å². The van der Waals surface area contributed by atoms with Gasteiger partial charge in [-0.05, 0) is 38.1 Å². The van der Waals surface area contributed by atoms with Crippen LogP contribution in [0.2, 0.25) is 0 Å². The molecular formula is C19H16N4O4. The van der Waals surface area contributed by atoms with E-state index in [0.29, 0.717) is 11.1 Å². The van der Waals surface area contributed by atoms with Crippen LogP contribution in [0.4, 0.5) is 0 Å². The molecule has 0 bridgehead atoms. The largest absolute Gasteiger partial charge is 0.424 e. The van der Waals surface area contributed by atoms with E-state index in [0.717, 1.165) is 11.1 Å². The van der Waals surface area contributed by atoms with Crippen LogP contribution in [0.25, 0.3) is 0 Å². The van der Waals surface area contributed by atoms with Crippen molar-refractivity contribution in [3.8, 4) is 0 Å². The van der Waals surface area contributed by atoms with Crippen molar-refractivity contribution in [2.75, 3.05) is 6.79 Å². The van der Waals surface area contributed by atoms with Crippen LogP contribution >= 0.6 is 0 Å². The Morgan fingerprint density at radius 2 is 1.04 bits per heavy atom. The molecule has 0 atom stereocenters. The molecule has 0 saturated carbocycles. The maximum absolute atomic E-state index is 12.0. The van der Waals surface area contributed by atoms with Crippen molar-refractivity contribution in [1.29, 1.82) is 0 Å². The van der Waals surface area contributed by atoms with Gasteiger partial charge >= 0.3 is 11.9 Å². The van der Waals surface area contributed by atoms with Gasteiger partial charge in [-0.15, -0.1) is 0 Å². The summed E-state index contributed by atoms with van der Waals surface area (Å²) < 4.78 is 9.98. The monoisotopic (exact) mass is 364 g/mol. The van der Waals surface area contributed by atoms with Crippen LogP contribution in [0.5, 0.6) is 0 Å². The summed E-state index contributed by atoms with van der Waals surface area (Å²) >= 11 is 0. The molecule has 27 heavy (non-hydrogen) atoms. The fourth-order valence-electron chi connectivity index (χ4n) is 2.53. The number of nitrogens with zero attached hydrogens (tertiary/aromatic N) is 4. The van der Waals surface area contributed by atoms with Crippen LogP contribution < -0.4 is 0 Å². The molecule has 0 amide bonds. The highest BCUT2D eigenvalue weighted by Crippen LogP contribution is 2.39. The molecule has 2 heterocycles. The number of rotatable bonds is 6. The summed E-state index contributed by atoms with van der Waals surface area (Å²) in [6, 6.07) is 13.6. The van der Waals surface area contributed by atoms with E-state index in [1.54, 1.807) is 48.5 Å². The zero-order valence-electron chi connectivity index (χ0n) is 14.7. The van der Waals surface area contributed by atoms with Crippen molar-refractivity contribution in [3.63, 3.8) is 0 Å². The number of ether oxygens (including phenoxy) is 2. The lowest BCUT2D eigenvalue weighted by Crippen LogP contribution is -2.13. The van der Waals surface area contributed by atoms with Gasteiger partial charge in [-0.2, -0.15) is 20.5 Å². The van der Waals surface area contributed by atoms with Gasteiger partial charge in [0.2, 0.25) is 18.1 Å². The number of hydrogen-bond acceptors (Lipinski definition) is 8. The Morgan fingerprint density at radius 1 is 0.704 bits per heavy atom. The van der Waals surface area contributed by atoms with E-state index in [4.69, 9.17) is 9.47 Å². The molecule has 2 aromatic rings. The molecule has 0 spiro atoms. The first-order valence-electron chi connectivity index (χ1n) is 8.33. The van der Waals surface area contributed by atoms with Crippen molar-refractivity contribution in [2.24, 2.45) is 20.5 Å². The zero-order valence-corrected chi connectivity index (χ0v) is 14.7. The highest BCUT2D eigenvalue weighted by atomic mass is 16.7. The highest BCUT2D eigenvalue weighted by Gasteiger charge is 2.36. The van der Waals surface area contributed by atoms with E-state index in [1.165, 1.54) is 0 Å². The highest BCUT2D eigenvalue weighted by molar-refractivity contribution is 5.90. The second-order valence-corrected chi connectivity index (χ2v) is 6.58. The van der Waals surface area contributed by atoms with Crippen LogP contribution in [0.1, 0.15) is 45.7 Å². The van der Waals surface area contributed by atoms with Crippen LogP contribution in [0.15, 0.2) is 69.0 Å². The molecule has 0 aliphatic carbocycles. The van der Waals surface area contributed by atoms with Gasteiger partial charge < -0.3 is 9.47 Å². The summed E-state index contributed by atoms with van der Waals surface area (Å²) in [6.07, 6.45) is 0. The third kappa shape index (κ3) is 3.46. The zero-order chi connectivity index (χ0) is 19.1. The van der Waals surface area contributed by atoms with Crippen molar-refractivity contribution in [2.45, 2.75) is 25.2 Å². The minimum Gasteiger partial charge on any atom is -0.424 e. The number of hydrogen-bond donors (Lipinski definition) is 0. The summed E-state index contributed by atoms with van der Waals surface area (Å²) in [6.45, 7) is 3.29. The Morgan fingerprint density at radius 3 is 1.33 bits per heavy atom. The minimum atomic E-state index is -0.579. The standard InChI is InChI=1S/C19H16N4O4/c1-18(20-21-18)14-7-3-12(4-8-14)16(24)26-11-27-17(25)13-5-9-15(10-6-13)19(2)22-23-19/h3-10H,11H2,1-2H3. The van der Waals surface area contributed by atoms with Gasteiger partial charge in [0.15, 0.2) is 0 Å². The molecule has 2 aliphatic rings. The van der Waals surface area contributed by atoms with Crippen molar-refractivity contribution in [3.05, 3.63) is 70.8 Å². The average molecular weight is 364 g/mol. The molecule has 2 aromatic carbocycles. The van der Waals surface area contributed by atoms with E-state index in [2.05, 4.69) is 20.5 Å². The minimum absolute atomic E-state index is 0.355. The third-order valence-corrected chi connectivity index (χ3v) is 4.51. The maximum atomic E-state index is 12.0. The molecule has 2 aliphatic heterocycles. The number of benzene rings is 2. The smallest absolute Gasteiger partial charge is 0.340 e. The van der Waals surface area contributed by atoms with Crippen LogP contribution in [-0.4, -0.2) is 18.7 Å². The van der Waals surface area contributed by atoms with E-state index in [1.807, 2.05) is 13.8 Å². The molecule has 4 rings (SSSR count). The van der Waals surface area contributed by atoms with E-state index in [9.17, 15) is 9.59 Å². The van der Waals surface area contributed by atoms with E-state index in [-0.39, 0.29) is 0 Å². The summed E-state index contributed by atoms with van der Waals surface area (Å²) in [5, 5.41) is 15.8. The quantitative estimate of drug-likeness (QED) is 0.572. The lowest BCUT2D eigenvalue weighted by molar-refractivity contribution is -0.0167. The Hall–Kier alpha value is -3.42. The topological polar surface area (TPSA) is 102 Å². The Bertz CT molecular complexity index is 873. The van der Waals surface area contributed by atoms with Crippen molar-refractivity contribution < 1.29 is 19.1 Å². The molecule has 0 radical (unpaired) electrons. The number of esters is 2.